The third kappa shape index (κ3) is 8.44. The van der Waals surface area contributed by atoms with E-state index in [9.17, 15) is 14.7 Å². The van der Waals surface area contributed by atoms with E-state index in [1.54, 1.807) is 23.0 Å². The summed E-state index contributed by atoms with van der Waals surface area (Å²) in [5.41, 5.74) is 5.93. The van der Waals surface area contributed by atoms with Gasteiger partial charge in [-0.15, -0.1) is 11.3 Å². The lowest BCUT2D eigenvalue weighted by molar-refractivity contribution is 0.0967. The van der Waals surface area contributed by atoms with Gasteiger partial charge in [0.05, 0.1) is 11.0 Å². The van der Waals surface area contributed by atoms with Gasteiger partial charge < -0.3 is 25.2 Å². The average molecular weight is 644 g/mol. The highest BCUT2D eigenvalue weighted by molar-refractivity contribution is 7.14. The van der Waals surface area contributed by atoms with Gasteiger partial charge in [0.25, 0.3) is 11.5 Å². The number of thiophene rings is 1. The molecule has 3 N–H and O–H groups in total. The van der Waals surface area contributed by atoms with Crippen molar-refractivity contribution < 1.29 is 9.90 Å². The molecule has 0 unspecified atom stereocenters. The van der Waals surface area contributed by atoms with Crippen LogP contribution < -0.4 is 16.2 Å². The van der Waals surface area contributed by atoms with Crippen molar-refractivity contribution in [2.45, 2.75) is 79.2 Å². The van der Waals surface area contributed by atoms with Crippen LogP contribution >= 0.6 is 11.3 Å². The number of unbranched alkanes of at least 4 members (excludes halogenated alkanes) is 1. The number of hydrogen-bond acceptors (Lipinski definition) is 7. The number of aliphatic hydroxyl groups excluding tert-OH is 1. The number of pyridine rings is 1. The molecule has 1 aliphatic rings. The van der Waals surface area contributed by atoms with E-state index >= 15 is 0 Å². The molecule has 3 aromatic rings. The van der Waals surface area contributed by atoms with Crippen molar-refractivity contribution in [1.29, 1.82) is 0 Å². The number of anilines is 2. The summed E-state index contributed by atoms with van der Waals surface area (Å²) in [7, 11) is 1.75. The van der Waals surface area contributed by atoms with Gasteiger partial charge in [0, 0.05) is 48.2 Å². The van der Waals surface area contributed by atoms with E-state index in [1.165, 1.54) is 10.4 Å². The fraction of sp³-hybridized carbons (Fsp3) is 0.432. The summed E-state index contributed by atoms with van der Waals surface area (Å²) in [5, 5.41) is 16.4. The molecule has 9 heteroatoms. The SMILES string of the molecule is C=N/C(=C\C=C(\Nc1cc(-c2cccc(NC(=O)c3cc(CCCC)c(CC)s3)c2C)cn(C)c1=O)C(C)C)N1CCC(O)CC1. The van der Waals surface area contributed by atoms with Gasteiger partial charge >= 0.3 is 0 Å². The molecular formula is C37H49N5O3S. The number of rotatable bonds is 13. The van der Waals surface area contributed by atoms with Gasteiger partial charge in [-0.1, -0.05) is 46.2 Å². The molecule has 0 radical (unpaired) electrons. The van der Waals surface area contributed by atoms with E-state index in [-0.39, 0.29) is 23.5 Å². The third-order valence-electron chi connectivity index (χ3n) is 8.58. The molecule has 46 heavy (non-hydrogen) atoms. The van der Waals surface area contributed by atoms with Gasteiger partial charge in [0.15, 0.2) is 0 Å². The molecule has 1 saturated heterocycles. The summed E-state index contributed by atoms with van der Waals surface area (Å²) in [6.07, 6.45) is 11.0. The number of carbonyl (C=O) groups is 1. The Morgan fingerprint density at radius 1 is 1.15 bits per heavy atom. The predicted molar refractivity (Wildman–Crippen MR) is 193 cm³/mol. The first-order chi connectivity index (χ1) is 22.1. The van der Waals surface area contributed by atoms with Gasteiger partial charge in [-0.05, 0) is 98.7 Å². The lowest BCUT2D eigenvalue weighted by Crippen LogP contribution is -2.34. The number of carbonyl (C=O) groups excluding carboxylic acids is 1. The predicted octanol–water partition coefficient (Wildman–Crippen LogP) is 7.53. The number of amides is 1. The number of aryl methyl sites for hydroxylation is 3. The Labute approximate surface area is 277 Å². The quantitative estimate of drug-likeness (QED) is 0.132. The van der Waals surface area contributed by atoms with E-state index < -0.39 is 0 Å². The van der Waals surface area contributed by atoms with Crippen LogP contribution in [-0.4, -0.2) is 46.4 Å². The molecule has 0 atom stereocenters. The van der Waals surface area contributed by atoms with E-state index in [1.807, 2.05) is 49.5 Å². The second kappa shape index (κ2) is 16.1. The van der Waals surface area contributed by atoms with Crippen LogP contribution in [0.4, 0.5) is 11.4 Å². The van der Waals surface area contributed by atoms with Crippen molar-refractivity contribution in [3.05, 3.63) is 91.4 Å². The third-order valence-corrected chi connectivity index (χ3v) is 9.90. The fourth-order valence-electron chi connectivity index (χ4n) is 5.72. The minimum Gasteiger partial charge on any atom is -0.393 e. The Balaban J connectivity index is 1.61. The molecule has 0 aliphatic carbocycles. The van der Waals surface area contributed by atoms with Crippen molar-refractivity contribution in [2.75, 3.05) is 23.7 Å². The number of aliphatic imine (C=N–C) groups is 1. The number of nitrogens with one attached hydrogen (secondary N) is 2. The maximum atomic E-state index is 13.4. The maximum absolute atomic E-state index is 13.4. The Morgan fingerprint density at radius 2 is 1.89 bits per heavy atom. The summed E-state index contributed by atoms with van der Waals surface area (Å²) < 4.78 is 1.58. The highest BCUT2D eigenvalue weighted by Gasteiger charge is 2.19. The number of aliphatic hydroxyl groups is 1. The highest BCUT2D eigenvalue weighted by Crippen LogP contribution is 2.31. The minimum atomic E-state index is -0.270. The summed E-state index contributed by atoms with van der Waals surface area (Å²) in [6.45, 7) is 15.7. The topological polar surface area (TPSA) is 99.0 Å². The summed E-state index contributed by atoms with van der Waals surface area (Å²) >= 11 is 1.58. The van der Waals surface area contributed by atoms with Gasteiger partial charge in [0.1, 0.15) is 11.5 Å². The maximum Gasteiger partial charge on any atom is 0.273 e. The number of allylic oxidation sites excluding steroid dienone is 3. The van der Waals surface area contributed by atoms with Crippen LogP contribution in [0.3, 0.4) is 0 Å². The van der Waals surface area contributed by atoms with E-state index in [0.717, 1.165) is 77.5 Å². The number of piperidine rings is 1. The van der Waals surface area contributed by atoms with Crippen LogP contribution in [0.2, 0.25) is 0 Å². The number of nitrogens with zero attached hydrogens (tertiary/aromatic N) is 3. The summed E-state index contributed by atoms with van der Waals surface area (Å²) in [6, 6.07) is 9.80. The second-order valence-electron chi connectivity index (χ2n) is 12.3. The van der Waals surface area contributed by atoms with Crippen LogP contribution in [0.15, 0.2) is 70.0 Å². The van der Waals surface area contributed by atoms with Crippen LogP contribution in [0.25, 0.3) is 11.1 Å². The normalized spacial score (nSPS) is 14.6. The second-order valence-corrected chi connectivity index (χ2v) is 13.4. The van der Waals surface area contributed by atoms with Crippen molar-refractivity contribution in [1.82, 2.24) is 9.47 Å². The number of hydrogen-bond donors (Lipinski definition) is 3. The zero-order valence-corrected chi connectivity index (χ0v) is 29.0. The summed E-state index contributed by atoms with van der Waals surface area (Å²) in [5.74, 6) is 0.750. The molecule has 1 aromatic carbocycles. The molecule has 1 fully saturated rings. The lowest BCUT2D eigenvalue weighted by Gasteiger charge is -2.31. The first-order valence-corrected chi connectivity index (χ1v) is 17.2. The molecule has 1 amide bonds. The first kappa shape index (κ1) is 34.9. The molecule has 0 spiro atoms. The number of benzene rings is 1. The zero-order chi connectivity index (χ0) is 33.4. The standard InChI is InChI=1S/C37H49N5O3S/c1-8-10-12-26-22-34(46-33(26)9-2)36(44)40-31-14-11-13-29(25(31)5)27-21-32(37(45)41(7)23-27)39-30(24(3)4)15-16-35(38-6)42-19-17-28(43)18-20-42/h11,13-16,21-24,28,39,43H,6,8-10,12,17-20H2,1-5,7H3,(H,40,44)/b30-15+,35-16+. The van der Waals surface area contributed by atoms with Gasteiger partial charge in [-0.3, -0.25) is 9.59 Å². The smallest absolute Gasteiger partial charge is 0.273 e. The van der Waals surface area contributed by atoms with Crippen LogP contribution in [0, 0.1) is 12.8 Å². The molecule has 3 heterocycles. The minimum absolute atomic E-state index is 0.0978. The molecule has 2 aromatic heterocycles. The summed E-state index contributed by atoms with van der Waals surface area (Å²) in [4.78, 5) is 35.0. The van der Waals surface area contributed by atoms with Crippen molar-refractivity contribution in [3.8, 4) is 11.1 Å². The molecule has 0 saturated carbocycles. The molecule has 1 aliphatic heterocycles. The fourth-order valence-corrected chi connectivity index (χ4v) is 6.77. The zero-order valence-electron chi connectivity index (χ0n) is 28.2. The Morgan fingerprint density at radius 3 is 2.54 bits per heavy atom. The molecule has 246 valence electrons. The average Bonchev–Trinajstić information content (AvgIpc) is 3.46. The first-order valence-electron chi connectivity index (χ1n) is 16.4. The Kier molecular flexibility index (Phi) is 12.2. The van der Waals surface area contributed by atoms with Crippen molar-refractivity contribution in [2.24, 2.45) is 18.0 Å². The van der Waals surface area contributed by atoms with Crippen molar-refractivity contribution in [3.63, 3.8) is 0 Å². The molecular weight excluding hydrogens is 595 g/mol. The van der Waals surface area contributed by atoms with Crippen LogP contribution in [-0.2, 0) is 19.9 Å². The molecule has 8 nitrogen and oxygen atoms in total. The van der Waals surface area contributed by atoms with Crippen LogP contribution in [0.1, 0.15) is 79.1 Å². The Bertz CT molecular complexity index is 1660. The van der Waals surface area contributed by atoms with E-state index in [4.69, 9.17) is 0 Å². The van der Waals surface area contributed by atoms with Crippen LogP contribution in [0.5, 0.6) is 0 Å². The monoisotopic (exact) mass is 643 g/mol. The Hall–Kier alpha value is -3.95. The molecule has 0 bridgehead atoms. The van der Waals surface area contributed by atoms with E-state index in [0.29, 0.717) is 18.5 Å². The largest absolute Gasteiger partial charge is 0.393 e. The number of likely N-dealkylation sites (tertiary alicyclic amines) is 1. The van der Waals surface area contributed by atoms with Gasteiger partial charge in [-0.25, -0.2) is 4.99 Å². The molecule has 4 rings (SSSR count). The number of aromatic nitrogens is 1. The highest BCUT2D eigenvalue weighted by atomic mass is 32.1. The van der Waals surface area contributed by atoms with Gasteiger partial charge in [-0.2, -0.15) is 0 Å². The van der Waals surface area contributed by atoms with E-state index in [2.05, 4.69) is 61.0 Å². The van der Waals surface area contributed by atoms with Gasteiger partial charge in [0.2, 0.25) is 0 Å². The lowest BCUT2D eigenvalue weighted by atomic mass is 9.99. The van der Waals surface area contributed by atoms with Crippen molar-refractivity contribution >= 4 is 35.3 Å².